The second kappa shape index (κ2) is 3.96. The fourth-order valence-electron chi connectivity index (χ4n) is 2.42. The van der Waals surface area contributed by atoms with Crippen LogP contribution in [0.5, 0.6) is 0 Å². The van der Waals surface area contributed by atoms with Crippen LogP contribution < -0.4 is 16.4 Å². The summed E-state index contributed by atoms with van der Waals surface area (Å²) in [4.78, 5) is 25.4. The fraction of sp³-hybridized carbons (Fsp3) is 0.818. The van der Waals surface area contributed by atoms with Crippen LogP contribution in [0.25, 0.3) is 0 Å². The Morgan fingerprint density at radius 3 is 2.47 bits per heavy atom. The van der Waals surface area contributed by atoms with E-state index in [4.69, 9.17) is 5.73 Å². The van der Waals surface area contributed by atoms with E-state index >= 15 is 0 Å². The van der Waals surface area contributed by atoms with E-state index in [1.165, 1.54) is 4.90 Å². The summed E-state index contributed by atoms with van der Waals surface area (Å²) in [6.45, 7) is 5.38. The molecule has 2 aliphatic rings. The maximum absolute atomic E-state index is 12.3. The first kappa shape index (κ1) is 12.3. The van der Waals surface area contributed by atoms with Crippen molar-refractivity contribution in [2.24, 2.45) is 5.73 Å². The first-order valence-corrected chi connectivity index (χ1v) is 5.98. The average molecular weight is 240 g/mol. The molecule has 0 aromatic rings. The number of nitrogens with one attached hydrogen (secondary N) is 2. The largest absolute Gasteiger partial charge is 0.325 e. The number of hydrogen-bond donors (Lipinski definition) is 3. The predicted octanol–water partition coefficient (Wildman–Crippen LogP) is -0.602. The summed E-state index contributed by atoms with van der Waals surface area (Å²) in [7, 11) is 0. The Morgan fingerprint density at radius 2 is 1.94 bits per heavy atom. The number of carbonyl (C=O) groups is 2. The van der Waals surface area contributed by atoms with Gasteiger partial charge in [0, 0.05) is 12.1 Å². The molecule has 6 nitrogen and oxygen atoms in total. The molecule has 3 amide bonds. The molecule has 2 rings (SSSR count). The van der Waals surface area contributed by atoms with E-state index in [9.17, 15) is 9.59 Å². The molecule has 17 heavy (non-hydrogen) atoms. The SMILES string of the molecule is CC(C)(N)CN1C(=O)NC2(CCNCC2)C1=O. The van der Waals surface area contributed by atoms with Crippen LogP contribution in [0.1, 0.15) is 26.7 Å². The summed E-state index contributed by atoms with van der Waals surface area (Å²) < 4.78 is 0. The van der Waals surface area contributed by atoms with Crippen LogP contribution in [0.4, 0.5) is 4.79 Å². The van der Waals surface area contributed by atoms with Crippen LogP contribution >= 0.6 is 0 Å². The van der Waals surface area contributed by atoms with Gasteiger partial charge in [-0.3, -0.25) is 9.69 Å². The summed E-state index contributed by atoms with van der Waals surface area (Å²) >= 11 is 0. The molecule has 0 bridgehead atoms. The third-order valence-electron chi connectivity index (χ3n) is 3.27. The lowest BCUT2D eigenvalue weighted by atomic mass is 9.88. The maximum Gasteiger partial charge on any atom is 0.325 e. The smallest absolute Gasteiger partial charge is 0.324 e. The van der Waals surface area contributed by atoms with Gasteiger partial charge >= 0.3 is 6.03 Å². The molecule has 0 aromatic heterocycles. The van der Waals surface area contributed by atoms with E-state index in [-0.39, 0.29) is 18.5 Å². The van der Waals surface area contributed by atoms with Crippen molar-refractivity contribution in [1.29, 1.82) is 0 Å². The lowest BCUT2D eigenvalue weighted by molar-refractivity contribution is -0.132. The fourth-order valence-corrected chi connectivity index (χ4v) is 2.42. The number of rotatable bonds is 2. The first-order chi connectivity index (χ1) is 7.84. The summed E-state index contributed by atoms with van der Waals surface area (Å²) in [5.74, 6) is -0.123. The molecule has 6 heteroatoms. The Balaban J connectivity index is 2.16. The Morgan fingerprint density at radius 1 is 1.35 bits per heavy atom. The zero-order valence-electron chi connectivity index (χ0n) is 10.4. The summed E-state index contributed by atoms with van der Waals surface area (Å²) in [5.41, 5.74) is 4.62. The lowest BCUT2D eigenvalue weighted by Crippen LogP contribution is -2.54. The molecule has 0 aliphatic carbocycles. The van der Waals surface area contributed by atoms with Crippen molar-refractivity contribution >= 4 is 11.9 Å². The van der Waals surface area contributed by atoms with Crippen LogP contribution in [0, 0.1) is 0 Å². The molecule has 0 aromatic carbocycles. The van der Waals surface area contributed by atoms with E-state index in [0.29, 0.717) is 12.8 Å². The van der Waals surface area contributed by atoms with Gasteiger partial charge in [-0.1, -0.05) is 0 Å². The summed E-state index contributed by atoms with van der Waals surface area (Å²) in [5, 5.41) is 6.02. The Labute approximate surface area is 101 Å². The van der Waals surface area contributed by atoms with Crippen LogP contribution in [-0.2, 0) is 4.79 Å². The van der Waals surface area contributed by atoms with Gasteiger partial charge in [0.05, 0.1) is 0 Å². The Bertz CT molecular complexity index is 342. The van der Waals surface area contributed by atoms with E-state index in [1.807, 2.05) is 0 Å². The van der Waals surface area contributed by atoms with Crippen molar-refractivity contribution in [3.63, 3.8) is 0 Å². The molecule has 2 aliphatic heterocycles. The predicted molar refractivity (Wildman–Crippen MR) is 63.3 cm³/mol. The number of carbonyl (C=O) groups excluding carboxylic acids is 2. The number of imide groups is 1. The number of piperidine rings is 1. The van der Waals surface area contributed by atoms with Crippen molar-refractivity contribution in [2.45, 2.75) is 37.8 Å². The normalized spacial score (nSPS) is 24.3. The molecule has 0 unspecified atom stereocenters. The second-order valence-electron chi connectivity index (χ2n) is 5.64. The van der Waals surface area contributed by atoms with E-state index in [1.54, 1.807) is 13.8 Å². The van der Waals surface area contributed by atoms with Gasteiger partial charge < -0.3 is 16.4 Å². The number of nitrogens with zero attached hydrogens (tertiary/aromatic N) is 1. The van der Waals surface area contributed by atoms with Crippen molar-refractivity contribution < 1.29 is 9.59 Å². The maximum atomic E-state index is 12.3. The highest BCUT2D eigenvalue weighted by atomic mass is 16.2. The molecule has 2 saturated heterocycles. The Hall–Kier alpha value is -1.14. The standard InChI is InChI=1S/C11H20N4O2/c1-10(2,12)7-15-8(16)11(14-9(15)17)3-5-13-6-4-11/h13H,3-7,12H2,1-2H3,(H,14,17). The molecular formula is C11H20N4O2. The van der Waals surface area contributed by atoms with Gasteiger partial charge in [-0.25, -0.2) is 4.79 Å². The van der Waals surface area contributed by atoms with E-state index < -0.39 is 11.1 Å². The van der Waals surface area contributed by atoms with Crippen molar-refractivity contribution in [2.75, 3.05) is 19.6 Å². The second-order valence-corrected chi connectivity index (χ2v) is 5.64. The molecule has 0 radical (unpaired) electrons. The minimum absolute atomic E-state index is 0.123. The highest BCUT2D eigenvalue weighted by Crippen LogP contribution is 2.27. The van der Waals surface area contributed by atoms with Gasteiger partial charge in [0.15, 0.2) is 0 Å². The van der Waals surface area contributed by atoms with Crippen LogP contribution in [-0.4, -0.2) is 47.6 Å². The number of urea groups is 1. The first-order valence-electron chi connectivity index (χ1n) is 5.98. The third kappa shape index (κ3) is 2.28. The van der Waals surface area contributed by atoms with Crippen molar-refractivity contribution in [1.82, 2.24) is 15.5 Å². The molecular weight excluding hydrogens is 220 g/mol. The summed E-state index contributed by atoms with van der Waals surface area (Å²) in [6, 6.07) is -0.310. The number of amides is 3. The molecule has 2 heterocycles. The van der Waals surface area contributed by atoms with Gasteiger partial charge in [0.25, 0.3) is 5.91 Å². The van der Waals surface area contributed by atoms with E-state index in [0.717, 1.165) is 13.1 Å². The summed E-state index contributed by atoms with van der Waals surface area (Å²) in [6.07, 6.45) is 1.30. The number of hydrogen-bond acceptors (Lipinski definition) is 4. The van der Waals surface area contributed by atoms with Crippen molar-refractivity contribution in [3.8, 4) is 0 Å². The van der Waals surface area contributed by atoms with Crippen LogP contribution in [0.15, 0.2) is 0 Å². The van der Waals surface area contributed by atoms with Gasteiger partial charge in [-0.2, -0.15) is 0 Å². The van der Waals surface area contributed by atoms with E-state index in [2.05, 4.69) is 10.6 Å². The van der Waals surface area contributed by atoms with Crippen molar-refractivity contribution in [3.05, 3.63) is 0 Å². The highest BCUT2D eigenvalue weighted by molar-refractivity contribution is 6.07. The highest BCUT2D eigenvalue weighted by Gasteiger charge is 2.51. The van der Waals surface area contributed by atoms with Crippen LogP contribution in [0.2, 0.25) is 0 Å². The molecule has 2 fully saturated rings. The quantitative estimate of drug-likeness (QED) is 0.562. The molecule has 4 N–H and O–H groups in total. The molecule has 96 valence electrons. The molecule has 0 saturated carbocycles. The van der Waals surface area contributed by atoms with Gasteiger partial charge in [0.1, 0.15) is 5.54 Å². The van der Waals surface area contributed by atoms with Gasteiger partial charge in [-0.15, -0.1) is 0 Å². The zero-order valence-corrected chi connectivity index (χ0v) is 10.4. The zero-order chi connectivity index (χ0) is 12.7. The van der Waals surface area contributed by atoms with Crippen LogP contribution in [0.3, 0.4) is 0 Å². The van der Waals surface area contributed by atoms with Gasteiger partial charge in [0.2, 0.25) is 0 Å². The third-order valence-corrected chi connectivity index (χ3v) is 3.27. The topological polar surface area (TPSA) is 87.5 Å². The average Bonchev–Trinajstić information content (AvgIpc) is 2.43. The Kier molecular flexibility index (Phi) is 2.87. The van der Waals surface area contributed by atoms with Gasteiger partial charge in [-0.05, 0) is 39.8 Å². The molecule has 0 atom stereocenters. The minimum atomic E-state index is -0.687. The minimum Gasteiger partial charge on any atom is -0.324 e. The lowest BCUT2D eigenvalue weighted by Gasteiger charge is -2.31. The number of nitrogens with two attached hydrogens (primary N) is 1. The monoisotopic (exact) mass is 240 g/mol. The molecule has 1 spiro atoms.